The quantitative estimate of drug-likeness (QED) is 0.452. The molecule has 2 heterocycles. The average Bonchev–Trinajstić information content (AvgIpc) is 2.73. The molecule has 0 amide bonds. The standard InChI is InChI=1S/C26H38F3NO/c1-19(2)17-24(30-13-9-20(10-14-30)21-11-15-31-16-12-21)18-25(3,4)22-5-7-23(8-6-22)26(27,28)29/h5-8,17,20-21,24H,9-16,18H2,1-4H3. The normalized spacial score (nSPS) is 21.1. The summed E-state index contributed by atoms with van der Waals surface area (Å²) in [4.78, 5) is 2.59. The molecule has 0 aromatic heterocycles. The maximum atomic E-state index is 13.0. The van der Waals surface area contributed by atoms with Gasteiger partial charge in [-0.25, -0.2) is 0 Å². The lowest BCUT2D eigenvalue weighted by atomic mass is 9.76. The van der Waals surface area contributed by atoms with Crippen molar-refractivity contribution in [1.82, 2.24) is 4.90 Å². The van der Waals surface area contributed by atoms with Crippen LogP contribution in [0.15, 0.2) is 35.9 Å². The van der Waals surface area contributed by atoms with Gasteiger partial charge in [0.25, 0.3) is 0 Å². The Morgan fingerprint density at radius 1 is 0.968 bits per heavy atom. The zero-order chi connectivity index (χ0) is 22.6. The number of benzene rings is 1. The van der Waals surface area contributed by atoms with E-state index in [1.807, 2.05) is 0 Å². The topological polar surface area (TPSA) is 12.5 Å². The van der Waals surface area contributed by atoms with Gasteiger partial charge in [-0.05, 0) is 94.0 Å². The molecule has 5 heteroatoms. The van der Waals surface area contributed by atoms with E-state index in [4.69, 9.17) is 4.74 Å². The average molecular weight is 438 g/mol. The predicted molar refractivity (Wildman–Crippen MR) is 120 cm³/mol. The smallest absolute Gasteiger partial charge is 0.381 e. The van der Waals surface area contributed by atoms with E-state index in [2.05, 4.69) is 38.7 Å². The van der Waals surface area contributed by atoms with Gasteiger partial charge in [-0.1, -0.05) is 37.6 Å². The second kappa shape index (κ2) is 10.1. The molecule has 1 aromatic rings. The van der Waals surface area contributed by atoms with Crippen molar-refractivity contribution >= 4 is 0 Å². The number of nitrogens with zero attached hydrogens (tertiary/aromatic N) is 1. The summed E-state index contributed by atoms with van der Waals surface area (Å²) >= 11 is 0. The van der Waals surface area contributed by atoms with Gasteiger partial charge < -0.3 is 4.74 Å². The zero-order valence-electron chi connectivity index (χ0n) is 19.5. The lowest BCUT2D eigenvalue weighted by molar-refractivity contribution is -0.137. The number of piperidine rings is 1. The molecule has 0 aliphatic carbocycles. The van der Waals surface area contributed by atoms with Crippen LogP contribution >= 0.6 is 0 Å². The highest BCUT2D eigenvalue weighted by Gasteiger charge is 2.34. The molecule has 2 aliphatic rings. The molecule has 31 heavy (non-hydrogen) atoms. The molecule has 0 N–H and O–H groups in total. The Kier molecular flexibility index (Phi) is 7.90. The molecule has 1 unspecified atom stereocenters. The first-order valence-electron chi connectivity index (χ1n) is 11.7. The number of likely N-dealkylation sites (tertiary alicyclic amines) is 1. The highest BCUT2D eigenvalue weighted by atomic mass is 19.4. The number of ether oxygens (including phenoxy) is 1. The lowest BCUT2D eigenvalue weighted by Gasteiger charge is -2.42. The molecule has 174 valence electrons. The van der Waals surface area contributed by atoms with Crippen molar-refractivity contribution in [2.75, 3.05) is 26.3 Å². The fourth-order valence-electron chi connectivity index (χ4n) is 5.34. The van der Waals surface area contributed by atoms with Gasteiger partial charge in [0.1, 0.15) is 0 Å². The van der Waals surface area contributed by atoms with Crippen LogP contribution in [0, 0.1) is 11.8 Å². The van der Waals surface area contributed by atoms with Crippen LogP contribution in [-0.2, 0) is 16.3 Å². The Hall–Kier alpha value is -1.33. The summed E-state index contributed by atoms with van der Waals surface area (Å²) in [5, 5.41) is 0. The first-order valence-corrected chi connectivity index (χ1v) is 11.7. The molecule has 0 saturated carbocycles. The summed E-state index contributed by atoms with van der Waals surface area (Å²) in [5.41, 5.74) is 1.46. The number of hydrogen-bond acceptors (Lipinski definition) is 2. The van der Waals surface area contributed by atoms with E-state index in [1.54, 1.807) is 12.1 Å². The van der Waals surface area contributed by atoms with Crippen molar-refractivity contribution in [3.05, 3.63) is 47.0 Å². The van der Waals surface area contributed by atoms with Gasteiger partial charge in [0.15, 0.2) is 0 Å². The molecule has 0 bridgehead atoms. The van der Waals surface area contributed by atoms with Gasteiger partial charge in [0.2, 0.25) is 0 Å². The summed E-state index contributed by atoms with van der Waals surface area (Å²) < 4.78 is 44.4. The number of alkyl halides is 3. The van der Waals surface area contributed by atoms with Gasteiger partial charge in [-0.15, -0.1) is 0 Å². The highest BCUT2D eigenvalue weighted by Crippen LogP contribution is 2.37. The van der Waals surface area contributed by atoms with Gasteiger partial charge >= 0.3 is 6.18 Å². The van der Waals surface area contributed by atoms with Crippen LogP contribution in [0.2, 0.25) is 0 Å². The van der Waals surface area contributed by atoms with E-state index < -0.39 is 11.7 Å². The Balaban J connectivity index is 1.67. The second-order valence-electron chi connectivity index (χ2n) is 10.3. The first-order chi connectivity index (χ1) is 14.6. The Labute approximate surface area is 185 Å². The fourth-order valence-corrected chi connectivity index (χ4v) is 5.34. The molecule has 0 radical (unpaired) electrons. The van der Waals surface area contributed by atoms with Crippen molar-refractivity contribution in [3.8, 4) is 0 Å². The summed E-state index contributed by atoms with van der Waals surface area (Å²) in [6, 6.07) is 6.04. The highest BCUT2D eigenvalue weighted by molar-refractivity contribution is 5.30. The zero-order valence-corrected chi connectivity index (χ0v) is 19.5. The SMILES string of the molecule is CC(C)=CC(CC(C)(C)c1ccc(C(F)(F)F)cc1)N1CCC(C2CCOCC2)CC1. The molecule has 1 aromatic carbocycles. The van der Waals surface area contributed by atoms with Gasteiger partial charge in [-0.3, -0.25) is 4.90 Å². The predicted octanol–water partition coefficient (Wildman–Crippen LogP) is 6.85. The van der Waals surface area contributed by atoms with Crippen LogP contribution in [0.1, 0.15) is 70.9 Å². The van der Waals surface area contributed by atoms with Gasteiger partial charge in [-0.2, -0.15) is 13.2 Å². The molecule has 3 rings (SSSR count). The fraction of sp³-hybridized carbons (Fsp3) is 0.692. The molecule has 2 nitrogen and oxygen atoms in total. The Morgan fingerprint density at radius 3 is 2.00 bits per heavy atom. The Bertz CT molecular complexity index is 720. The third kappa shape index (κ3) is 6.58. The summed E-state index contributed by atoms with van der Waals surface area (Å²) in [6.45, 7) is 12.6. The molecular formula is C26H38F3NO. The largest absolute Gasteiger partial charge is 0.416 e. The molecular weight excluding hydrogens is 399 g/mol. The number of rotatable bonds is 6. The van der Waals surface area contributed by atoms with Crippen LogP contribution in [-0.4, -0.2) is 37.2 Å². The van der Waals surface area contributed by atoms with Gasteiger partial charge in [0.05, 0.1) is 5.56 Å². The summed E-state index contributed by atoms with van der Waals surface area (Å²) in [7, 11) is 0. The van der Waals surface area contributed by atoms with Crippen LogP contribution in [0.5, 0.6) is 0 Å². The minimum Gasteiger partial charge on any atom is -0.381 e. The third-order valence-electron chi connectivity index (χ3n) is 7.21. The van der Waals surface area contributed by atoms with E-state index in [-0.39, 0.29) is 5.41 Å². The maximum Gasteiger partial charge on any atom is 0.416 e. The number of hydrogen-bond donors (Lipinski definition) is 0. The van der Waals surface area contributed by atoms with Crippen LogP contribution < -0.4 is 0 Å². The third-order valence-corrected chi connectivity index (χ3v) is 7.21. The molecule has 1 atom stereocenters. The molecule has 0 spiro atoms. The van der Waals surface area contributed by atoms with Crippen LogP contribution in [0.3, 0.4) is 0 Å². The van der Waals surface area contributed by atoms with Gasteiger partial charge in [0, 0.05) is 19.3 Å². The van der Waals surface area contributed by atoms with Crippen molar-refractivity contribution in [2.24, 2.45) is 11.8 Å². The van der Waals surface area contributed by atoms with E-state index >= 15 is 0 Å². The Morgan fingerprint density at radius 2 is 1.48 bits per heavy atom. The number of allylic oxidation sites excluding steroid dienone is 1. The summed E-state index contributed by atoms with van der Waals surface area (Å²) in [6.07, 6.45) is 3.82. The van der Waals surface area contributed by atoms with E-state index in [0.717, 1.165) is 50.1 Å². The lowest BCUT2D eigenvalue weighted by Crippen LogP contribution is -2.44. The van der Waals surface area contributed by atoms with E-state index in [9.17, 15) is 13.2 Å². The molecule has 2 aliphatic heterocycles. The second-order valence-corrected chi connectivity index (χ2v) is 10.3. The minimum atomic E-state index is -4.29. The van der Waals surface area contributed by atoms with E-state index in [1.165, 1.54) is 43.4 Å². The number of halogens is 3. The van der Waals surface area contributed by atoms with Crippen LogP contribution in [0.4, 0.5) is 13.2 Å². The summed E-state index contributed by atoms with van der Waals surface area (Å²) in [5.74, 6) is 1.61. The first kappa shape index (κ1) is 24.3. The maximum absolute atomic E-state index is 13.0. The molecule has 2 saturated heterocycles. The minimum absolute atomic E-state index is 0.210. The molecule has 2 fully saturated rings. The van der Waals surface area contributed by atoms with Crippen molar-refractivity contribution in [2.45, 2.75) is 77.4 Å². The monoisotopic (exact) mass is 437 g/mol. The van der Waals surface area contributed by atoms with Crippen molar-refractivity contribution < 1.29 is 17.9 Å². The van der Waals surface area contributed by atoms with Crippen molar-refractivity contribution in [1.29, 1.82) is 0 Å². The van der Waals surface area contributed by atoms with Crippen molar-refractivity contribution in [3.63, 3.8) is 0 Å². The van der Waals surface area contributed by atoms with Crippen LogP contribution in [0.25, 0.3) is 0 Å². The van der Waals surface area contributed by atoms with E-state index in [0.29, 0.717) is 6.04 Å².